The molecular weight excluding hydrogens is 212 g/mol. The van der Waals surface area contributed by atoms with Gasteiger partial charge in [0.25, 0.3) is 6.01 Å². The Labute approximate surface area is 93.6 Å². The SMILES string of the molecule is CC(CCl)N(C)c1nc2ccccc2o1. The van der Waals surface area contributed by atoms with Crippen LogP contribution in [-0.4, -0.2) is 24.0 Å². The van der Waals surface area contributed by atoms with Crippen LogP contribution >= 0.6 is 11.6 Å². The van der Waals surface area contributed by atoms with Gasteiger partial charge in [-0.1, -0.05) is 12.1 Å². The van der Waals surface area contributed by atoms with Crippen LogP contribution in [0.3, 0.4) is 0 Å². The van der Waals surface area contributed by atoms with Gasteiger partial charge < -0.3 is 9.32 Å². The van der Waals surface area contributed by atoms with Crippen molar-refractivity contribution in [3.63, 3.8) is 0 Å². The number of aromatic nitrogens is 1. The molecule has 0 aliphatic carbocycles. The van der Waals surface area contributed by atoms with Gasteiger partial charge in [-0.2, -0.15) is 4.98 Å². The minimum absolute atomic E-state index is 0.208. The van der Waals surface area contributed by atoms with Crippen molar-refractivity contribution in [2.75, 3.05) is 17.8 Å². The van der Waals surface area contributed by atoms with Gasteiger partial charge in [-0.15, -0.1) is 11.6 Å². The van der Waals surface area contributed by atoms with Gasteiger partial charge in [0.2, 0.25) is 0 Å². The maximum atomic E-state index is 5.78. The highest BCUT2D eigenvalue weighted by atomic mass is 35.5. The number of fused-ring (bicyclic) bond motifs is 1. The van der Waals surface area contributed by atoms with Crippen molar-refractivity contribution >= 4 is 28.7 Å². The van der Waals surface area contributed by atoms with E-state index in [0.29, 0.717) is 11.9 Å². The Morgan fingerprint density at radius 1 is 1.47 bits per heavy atom. The summed E-state index contributed by atoms with van der Waals surface area (Å²) in [6.45, 7) is 2.03. The van der Waals surface area contributed by atoms with E-state index in [1.807, 2.05) is 43.1 Å². The smallest absolute Gasteiger partial charge is 0.298 e. The molecule has 0 spiro atoms. The van der Waals surface area contributed by atoms with Crippen LogP contribution in [0, 0.1) is 0 Å². The van der Waals surface area contributed by atoms with E-state index in [4.69, 9.17) is 16.0 Å². The summed E-state index contributed by atoms with van der Waals surface area (Å²) in [5, 5.41) is 0. The van der Waals surface area contributed by atoms with Crippen molar-refractivity contribution in [3.05, 3.63) is 24.3 Å². The van der Waals surface area contributed by atoms with E-state index in [1.54, 1.807) is 0 Å². The molecule has 2 rings (SSSR count). The molecule has 3 nitrogen and oxygen atoms in total. The van der Waals surface area contributed by atoms with Gasteiger partial charge in [-0.05, 0) is 19.1 Å². The molecular formula is C11H13ClN2O. The third-order valence-electron chi connectivity index (χ3n) is 2.47. The highest BCUT2D eigenvalue weighted by molar-refractivity contribution is 6.18. The van der Waals surface area contributed by atoms with Crippen molar-refractivity contribution in [2.45, 2.75) is 13.0 Å². The van der Waals surface area contributed by atoms with Crippen LogP contribution in [0.5, 0.6) is 0 Å². The monoisotopic (exact) mass is 224 g/mol. The zero-order valence-electron chi connectivity index (χ0n) is 8.77. The topological polar surface area (TPSA) is 29.3 Å². The second kappa shape index (κ2) is 4.11. The Kier molecular flexibility index (Phi) is 2.82. The number of nitrogens with zero attached hydrogens (tertiary/aromatic N) is 2. The Morgan fingerprint density at radius 3 is 2.87 bits per heavy atom. The summed E-state index contributed by atoms with van der Waals surface area (Å²) in [6.07, 6.45) is 0. The van der Waals surface area contributed by atoms with Gasteiger partial charge in [-0.3, -0.25) is 0 Å². The molecule has 0 fully saturated rings. The van der Waals surface area contributed by atoms with Crippen LogP contribution in [0.25, 0.3) is 11.1 Å². The summed E-state index contributed by atoms with van der Waals surface area (Å²) < 4.78 is 5.61. The minimum atomic E-state index is 0.208. The summed E-state index contributed by atoms with van der Waals surface area (Å²) in [6, 6.07) is 8.54. The molecule has 15 heavy (non-hydrogen) atoms. The van der Waals surface area contributed by atoms with E-state index in [1.165, 1.54) is 0 Å². The van der Waals surface area contributed by atoms with Gasteiger partial charge in [-0.25, -0.2) is 0 Å². The van der Waals surface area contributed by atoms with Crippen LogP contribution in [-0.2, 0) is 0 Å². The third-order valence-corrected chi connectivity index (χ3v) is 2.92. The van der Waals surface area contributed by atoms with Gasteiger partial charge in [0.1, 0.15) is 5.52 Å². The Morgan fingerprint density at radius 2 is 2.20 bits per heavy atom. The third kappa shape index (κ3) is 1.92. The van der Waals surface area contributed by atoms with E-state index in [-0.39, 0.29) is 6.04 Å². The van der Waals surface area contributed by atoms with Crippen molar-refractivity contribution in [1.29, 1.82) is 0 Å². The summed E-state index contributed by atoms with van der Waals surface area (Å²) in [5.74, 6) is 0.551. The number of anilines is 1. The quantitative estimate of drug-likeness (QED) is 0.751. The normalized spacial score (nSPS) is 13.0. The summed E-state index contributed by atoms with van der Waals surface area (Å²) in [4.78, 5) is 6.32. The first-order valence-corrected chi connectivity index (χ1v) is 5.40. The van der Waals surface area contributed by atoms with Crippen LogP contribution in [0.15, 0.2) is 28.7 Å². The first-order valence-electron chi connectivity index (χ1n) is 4.86. The Hall–Kier alpha value is -1.22. The van der Waals surface area contributed by atoms with Crippen molar-refractivity contribution in [1.82, 2.24) is 4.98 Å². The summed E-state index contributed by atoms with van der Waals surface area (Å²) >= 11 is 5.78. The van der Waals surface area contributed by atoms with Crippen molar-refractivity contribution in [2.24, 2.45) is 0 Å². The largest absolute Gasteiger partial charge is 0.423 e. The van der Waals surface area contributed by atoms with Crippen molar-refractivity contribution in [3.8, 4) is 0 Å². The zero-order chi connectivity index (χ0) is 10.8. The number of alkyl halides is 1. The average Bonchev–Trinajstić information content (AvgIpc) is 2.70. The van der Waals surface area contributed by atoms with Crippen LogP contribution in [0.4, 0.5) is 6.01 Å². The van der Waals surface area contributed by atoms with Crippen LogP contribution in [0.2, 0.25) is 0 Å². The van der Waals surface area contributed by atoms with E-state index in [0.717, 1.165) is 11.1 Å². The predicted molar refractivity (Wildman–Crippen MR) is 62.6 cm³/mol. The van der Waals surface area contributed by atoms with E-state index in [9.17, 15) is 0 Å². The Balaban J connectivity index is 2.36. The fourth-order valence-corrected chi connectivity index (χ4v) is 1.51. The predicted octanol–water partition coefficient (Wildman–Crippen LogP) is 2.89. The molecule has 0 radical (unpaired) electrons. The molecule has 1 atom stereocenters. The second-order valence-electron chi connectivity index (χ2n) is 3.58. The molecule has 1 unspecified atom stereocenters. The van der Waals surface area contributed by atoms with E-state index in [2.05, 4.69) is 4.98 Å². The lowest BCUT2D eigenvalue weighted by Gasteiger charge is -2.20. The lowest BCUT2D eigenvalue weighted by molar-refractivity contribution is 0.563. The maximum absolute atomic E-state index is 5.78. The maximum Gasteiger partial charge on any atom is 0.298 e. The van der Waals surface area contributed by atoms with E-state index >= 15 is 0 Å². The number of hydrogen-bond acceptors (Lipinski definition) is 3. The molecule has 4 heteroatoms. The fourth-order valence-electron chi connectivity index (χ4n) is 1.30. The molecule has 2 aromatic rings. The molecule has 1 aromatic carbocycles. The molecule has 0 aliphatic rings. The van der Waals surface area contributed by atoms with E-state index < -0.39 is 0 Å². The molecule has 0 bridgehead atoms. The second-order valence-corrected chi connectivity index (χ2v) is 3.89. The first kappa shape index (κ1) is 10.3. The van der Waals surface area contributed by atoms with Gasteiger partial charge in [0.15, 0.2) is 5.58 Å². The lowest BCUT2D eigenvalue weighted by Crippen LogP contribution is -2.30. The molecule has 1 heterocycles. The van der Waals surface area contributed by atoms with Gasteiger partial charge in [0.05, 0.1) is 0 Å². The van der Waals surface area contributed by atoms with Crippen LogP contribution < -0.4 is 4.90 Å². The molecule has 0 saturated carbocycles. The molecule has 0 amide bonds. The number of oxazole rings is 1. The van der Waals surface area contributed by atoms with Gasteiger partial charge in [0, 0.05) is 19.0 Å². The Bertz CT molecular complexity index is 422. The standard InChI is InChI=1S/C11H13ClN2O/c1-8(7-12)14(2)11-13-9-5-3-4-6-10(9)15-11/h3-6,8H,7H2,1-2H3. The highest BCUT2D eigenvalue weighted by Gasteiger charge is 2.14. The fraction of sp³-hybridized carbons (Fsp3) is 0.364. The zero-order valence-corrected chi connectivity index (χ0v) is 9.53. The molecule has 0 saturated heterocycles. The summed E-state index contributed by atoms with van der Waals surface area (Å²) in [7, 11) is 1.93. The average molecular weight is 225 g/mol. The number of hydrogen-bond donors (Lipinski definition) is 0. The number of rotatable bonds is 3. The highest BCUT2D eigenvalue weighted by Crippen LogP contribution is 2.21. The number of halogens is 1. The molecule has 0 N–H and O–H groups in total. The van der Waals surface area contributed by atoms with Gasteiger partial charge >= 0.3 is 0 Å². The molecule has 1 aromatic heterocycles. The lowest BCUT2D eigenvalue weighted by atomic mass is 10.3. The molecule has 0 aliphatic heterocycles. The molecule has 80 valence electrons. The van der Waals surface area contributed by atoms with Crippen molar-refractivity contribution < 1.29 is 4.42 Å². The summed E-state index contributed by atoms with van der Waals surface area (Å²) in [5.41, 5.74) is 1.68. The number of benzene rings is 1. The number of para-hydroxylation sites is 2. The minimum Gasteiger partial charge on any atom is -0.423 e. The van der Waals surface area contributed by atoms with Crippen LogP contribution in [0.1, 0.15) is 6.92 Å². The first-order chi connectivity index (χ1) is 7.22.